The summed E-state index contributed by atoms with van der Waals surface area (Å²) in [5, 5.41) is 1.78. The van der Waals surface area contributed by atoms with Crippen LogP contribution in [-0.2, 0) is 9.47 Å². The first-order valence-corrected chi connectivity index (χ1v) is 8.70. The van der Waals surface area contributed by atoms with Crippen LogP contribution in [0.25, 0.3) is 6.08 Å². The molecule has 0 amide bonds. The maximum atomic E-state index is 12.1. The summed E-state index contributed by atoms with van der Waals surface area (Å²) in [6, 6.07) is 5.36. The van der Waals surface area contributed by atoms with Crippen molar-refractivity contribution >= 4 is 35.5 Å². The molecule has 0 fully saturated rings. The Balaban J connectivity index is 2.00. The molecule has 0 N–H and O–H groups in total. The van der Waals surface area contributed by atoms with E-state index in [9.17, 15) is 4.79 Å². The summed E-state index contributed by atoms with van der Waals surface area (Å²) >= 11 is 6.43. The van der Waals surface area contributed by atoms with E-state index in [4.69, 9.17) is 31.2 Å². The van der Waals surface area contributed by atoms with Gasteiger partial charge in [0.25, 0.3) is 5.91 Å². The summed E-state index contributed by atoms with van der Waals surface area (Å²) in [6.45, 7) is 1.06. The number of allylic oxidation sites excluding steroid dienone is 1. The predicted octanol–water partition coefficient (Wildman–Crippen LogP) is 3.64. The fraction of sp³-hybridized carbons (Fsp3) is 0.294. The number of nitrogens with zero attached hydrogens (tertiary/aromatic N) is 1. The monoisotopic (exact) mass is 381 g/mol. The Bertz CT molecular complexity index is 781. The van der Waals surface area contributed by atoms with Gasteiger partial charge in [-0.25, -0.2) is 0 Å². The second-order valence-electron chi connectivity index (χ2n) is 4.78. The highest BCUT2D eigenvalue weighted by Crippen LogP contribution is 2.28. The molecule has 2 aromatic rings. The zero-order valence-electron chi connectivity index (χ0n) is 14.0. The molecule has 1 heterocycles. The molecule has 2 rings (SSSR count). The average molecular weight is 381 g/mol. The van der Waals surface area contributed by atoms with Crippen LogP contribution in [0.5, 0.6) is 11.5 Å². The number of carbonyl (C=O) groups is 1. The van der Waals surface area contributed by atoms with Crippen LogP contribution in [0.1, 0.15) is 10.4 Å². The van der Waals surface area contributed by atoms with Gasteiger partial charge >= 0.3 is 0 Å². The number of rotatable bonds is 9. The van der Waals surface area contributed by atoms with Crippen molar-refractivity contribution < 1.29 is 23.7 Å². The zero-order chi connectivity index (χ0) is 18.1. The number of thiazole rings is 1. The number of aromatic nitrogens is 1. The van der Waals surface area contributed by atoms with Gasteiger partial charge in [-0.1, -0.05) is 6.07 Å². The van der Waals surface area contributed by atoms with Gasteiger partial charge < -0.3 is 18.9 Å². The molecule has 0 radical (unpaired) electrons. The van der Waals surface area contributed by atoms with E-state index in [1.807, 2.05) is 6.07 Å². The van der Waals surface area contributed by atoms with E-state index >= 15 is 0 Å². The molecule has 1 aromatic heterocycles. The Kier molecular flexibility index (Phi) is 7.80. The lowest BCUT2D eigenvalue weighted by atomic mass is 10.2. The van der Waals surface area contributed by atoms with Gasteiger partial charge in [0, 0.05) is 24.8 Å². The van der Waals surface area contributed by atoms with Crippen LogP contribution < -0.4 is 9.47 Å². The van der Waals surface area contributed by atoms with Crippen LogP contribution in [0.3, 0.4) is 0 Å². The fourth-order valence-corrected chi connectivity index (χ4v) is 2.77. The van der Waals surface area contributed by atoms with Crippen LogP contribution in [0.2, 0.25) is 0 Å². The van der Waals surface area contributed by atoms with Gasteiger partial charge in [-0.05, 0) is 36.0 Å². The zero-order valence-corrected chi connectivity index (χ0v) is 15.6. The standard InChI is InChI=1S/C17H19NO5S2/c1-20-8-9-22-12-23-14-5-3-13(11-15(14)21-2)4-6-16(19)18-7-10-25-17(18)24/h3-7,10-11H,8-9,12H2,1-2H3. The van der Waals surface area contributed by atoms with Crippen molar-refractivity contribution in [1.29, 1.82) is 0 Å². The molecule has 0 unspecified atom stereocenters. The SMILES string of the molecule is COCCOCOc1ccc(C=CC(=O)n2ccsc2=S)cc1OC. The van der Waals surface area contributed by atoms with Crippen molar-refractivity contribution in [3.05, 3.63) is 45.4 Å². The van der Waals surface area contributed by atoms with Crippen molar-refractivity contribution in [1.82, 2.24) is 4.57 Å². The highest BCUT2D eigenvalue weighted by atomic mass is 32.1. The molecule has 8 heteroatoms. The maximum Gasteiger partial charge on any atom is 0.256 e. The van der Waals surface area contributed by atoms with E-state index < -0.39 is 0 Å². The minimum absolute atomic E-state index is 0.101. The summed E-state index contributed by atoms with van der Waals surface area (Å²) in [4.78, 5) is 12.1. The van der Waals surface area contributed by atoms with Gasteiger partial charge in [0.05, 0.1) is 20.3 Å². The second kappa shape index (κ2) is 10.1. The van der Waals surface area contributed by atoms with Crippen molar-refractivity contribution in [2.24, 2.45) is 0 Å². The van der Waals surface area contributed by atoms with E-state index in [1.165, 1.54) is 22.0 Å². The molecule has 1 aromatic carbocycles. The lowest BCUT2D eigenvalue weighted by molar-refractivity contribution is -0.00945. The first-order chi connectivity index (χ1) is 12.2. The molecule has 0 saturated carbocycles. The van der Waals surface area contributed by atoms with Crippen LogP contribution in [0, 0.1) is 3.95 Å². The van der Waals surface area contributed by atoms with E-state index in [1.54, 1.807) is 44.0 Å². The molecule has 0 bridgehead atoms. The van der Waals surface area contributed by atoms with Gasteiger partial charge in [-0.3, -0.25) is 9.36 Å². The number of ether oxygens (including phenoxy) is 4. The molecule has 6 nitrogen and oxygen atoms in total. The van der Waals surface area contributed by atoms with E-state index in [2.05, 4.69) is 0 Å². The topological polar surface area (TPSA) is 58.9 Å². The lowest BCUT2D eigenvalue weighted by Crippen LogP contribution is -2.08. The number of hydrogen-bond acceptors (Lipinski definition) is 7. The molecule has 0 aliphatic heterocycles. The summed E-state index contributed by atoms with van der Waals surface area (Å²) in [5.74, 6) is 0.914. The number of carbonyl (C=O) groups excluding carboxylic acids is 1. The van der Waals surface area contributed by atoms with Crippen LogP contribution in [0.15, 0.2) is 35.9 Å². The molecule has 0 saturated heterocycles. The lowest BCUT2D eigenvalue weighted by Gasteiger charge is -2.11. The van der Waals surface area contributed by atoms with E-state index in [0.717, 1.165) is 5.56 Å². The van der Waals surface area contributed by atoms with Gasteiger partial charge in [-0.15, -0.1) is 11.3 Å². The predicted molar refractivity (Wildman–Crippen MR) is 99.1 cm³/mol. The minimum atomic E-state index is -0.197. The highest BCUT2D eigenvalue weighted by Gasteiger charge is 2.06. The van der Waals surface area contributed by atoms with E-state index in [-0.39, 0.29) is 12.7 Å². The third-order valence-corrected chi connectivity index (χ3v) is 4.29. The Morgan fingerprint density at radius 3 is 2.80 bits per heavy atom. The van der Waals surface area contributed by atoms with Crippen LogP contribution >= 0.6 is 23.6 Å². The quantitative estimate of drug-likeness (QED) is 0.286. The Morgan fingerprint density at radius 2 is 2.12 bits per heavy atom. The molecule has 0 aliphatic carbocycles. The third-order valence-electron chi connectivity index (χ3n) is 3.15. The average Bonchev–Trinajstić information content (AvgIpc) is 3.06. The molecule has 25 heavy (non-hydrogen) atoms. The second-order valence-corrected chi connectivity index (χ2v) is 6.32. The van der Waals surface area contributed by atoms with Crippen LogP contribution in [-0.4, -0.2) is 44.7 Å². The summed E-state index contributed by atoms with van der Waals surface area (Å²) in [6.07, 6.45) is 4.82. The number of hydrogen-bond donors (Lipinski definition) is 0. The van der Waals surface area contributed by atoms with Gasteiger partial charge in [-0.2, -0.15) is 0 Å². The van der Waals surface area contributed by atoms with E-state index in [0.29, 0.717) is 28.7 Å². The fourth-order valence-electron chi connectivity index (χ4n) is 1.89. The largest absolute Gasteiger partial charge is 0.493 e. The molecule has 0 aliphatic rings. The van der Waals surface area contributed by atoms with Crippen molar-refractivity contribution in [3.63, 3.8) is 0 Å². The number of methoxy groups -OCH3 is 2. The van der Waals surface area contributed by atoms with Gasteiger partial charge in [0.2, 0.25) is 0 Å². The Labute approximate surface area is 155 Å². The molecule has 134 valence electrons. The van der Waals surface area contributed by atoms with Gasteiger partial charge in [0.15, 0.2) is 22.2 Å². The Hall–Kier alpha value is -2.00. The third kappa shape index (κ3) is 5.79. The molecular weight excluding hydrogens is 362 g/mol. The summed E-state index contributed by atoms with van der Waals surface area (Å²) in [5.41, 5.74) is 0.805. The molecular formula is C17H19NO5S2. The van der Waals surface area contributed by atoms with Gasteiger partial charge in [0.1, 0.15) is 0 Å². The van der Waals surface area contributed by atoms with Crippen LogP contribution in [0.4, 0.5) is 0 Å². The Morgan fingerprint density at radius 1 is 1.28 bits per heavy atom. The number of benzene rings is 1. The minimum Gasteiger partial charge on any atom is -0.493 e. The molecule has 0 spiro atoms. The smallest absolute Gasteiger partial charge is 0.256 e. The van der Waals surface area contributed by atoms with Crippen molar-refractivity contribution in [2.45, 2.75) is 0 Å². The molecule has 0 atom stereocenters. The normalized spacial score (nSPS) is 11.0. The first-order valence-electron chi connectivity index (χ1n) is 7.41. The van der Waals surface area contributed by atoms with Crippen molar-refractivity contribution in [2.75, 3.05) is 34.2 Å². The summed E-state index contributed by atoms with van der Waals surface area (Å²) in [7, 11) is 3.16. The van der Waals surface area contributed by atoms with Crippen molar-refractivity contribution in [3.8, 4) is 11.5 Å². The first kappa shape index (κ1) is 19.3. The maximum absolute atomic E-state index is 12.1. The summed E-state index contributed by atoms with van der Waals surface area (Å²) < 4.78 is 22.9. The highest BCUT2D eigenvalue weighted by molar-refractivity contribution is 7.73.